The summed E-state index contributed by atoms with van der Waals surface area (Å²) in [6.45, 7) is 0.0667. The molecule has 0 bridgehead atoms. The van der Waals surface area contributed by atoms with Gasteiger partial charge in [-0.05, 0) is 42.0 Å². The Hall–Kier alpha value is -4.33. The number of esters is 1. The Morgan fingerprint density at radius 3 is 2.58 bits per heavy atom. The van der Waals surface area contributed by atoms with Crippen molar-refractivity contribution in [2.75, 3.05) is 0 Å². The van der Waals surface area contributed by atoms with Gasteiger partial charge in [-0.3, -0.25) is 10.1 Å². The van der Waals surface area contributed by atoms with Crippen molar-refractivity contribution in [3.05, 3.63) is 111 Å². The minimum absolute atomic E-state index is 0.0667. The van der Waals surface area contributed by atoms with Crippen molar-refractivity contribution in [1.82, 2.24) is 0 Å². The number of carbonyl (C=O) groups excluding carboxylic acids is 1. The van der Waals surface area contributed by atoms with E-state index in [1.807, 2.05) is 0 Å². The van der Waals surface area contributed by atoms with Crippen LogP contribution in [0.2, 0.25) is 0 Å². The molecule has 0 aromatic heterocycles. The van der Waals surface area contributed by atoms with Crippen molar-refractivity contribution in [3.63, 3.8) is 0 Å². The van der Waals surface area contributed by atoms with Gasteiger partial charge in [-0.2, -0.15) is 0 Å². The van der Waals surface area contributed by atoms with Gasteiger partial charge in [-0.1, -0.05) is 30.3 Å². The topological polar surface area (TPSA) is 91.0 Å². The zero-order valence-corrected chi connectivity index (χ0v) is 16.0. The van der Waals surface area contributed by atoms with E-state index in [2.05, 4.69) is 4.99 Å². The summed E-state index contributed by atoms with van der Waals surface area (Å²) in [7, 11) is 0. The number of halogens is 1. The average molecular weight is 418 g/mol. The molecule has 0 atom stereocenters. The molecule has 0 spiro atoms. The largest absolute Gasteiger partial charge is 0.489 e. The van der Waals surface area contributed by atoms with E-state index in [-0.39, 0.29) is 29.7 Å². The second-order valence-corrected chi connectivity index (χ2v) is 6.59. The molecular weight excluding hydrogens is 403 g/mol. The van der Waals surface area contributed by atoms with Gasteiger partial charge in [-0.25, -0.2) is 14.2 Å². The number of nitrogens with zero attached hydrogens (tertiary/aromatic N) is 2. The normalized spacial score (nSPS) is 14.3. The predicted octanol–water partition coefficient (Wildman–Crippen LogP) is 4.66. The molecule has 3 aromatic rings. The Morgan fingerprint density at radius 2 is 1.84 bits per heavy atom. The van der Waals surface area contributed by atoms with Crippen LogP contribution in [0.15, 0.2) is 83.5 Å². The molecule has 0 N–H and O–H groups in total. The number of aliphatic imine (C=N–C) groups is 1. The summed E-state index contributed by atoms with van der Waals surface area (Å²) in [5, 5.41) is 10.8. The fourth-order valence-electron chi connectivity index (χ4n) is 2.89. The van der Waals surface area contributed by atoms with Gasteiger partial charge in [0, 0.05) is 23.3 Å². The fourth-order valence-corrected chi connectivity index (χ4v) is 2.89. The molecule has 154 valence electrons. The number of nitro benzene ring substituents is 1. The Balaban J connectivity index is 1.51. The molecule has 1 heterocycles. The number of hydrogen-bond donors (Lipinski definition) is 0. The van der Waals surface area contributed by atoms with Crippen molar-refractivity contribution < 1.29 is 23.6 Å². The average Bonchev–Trinajstić information content (AvgIpc) is 3.13. The summed E-state index contributed by atoms with van der Waals surface area (Å²) in [6, 6.07) is 18.8. The molecular formula is C23H15FN2O5. The summed E-state index contributed by atoms with van der Waals surface area (Å²) in [4.78, 5) is 26.6. The molecule has 0 saturated heterocycles. The van der Waals surface area contributed by atoms with Crippen LogP contribution in [0.5, 0.6) is 5.75 Å². The molecule has 1 aliphatic rings. The van der Waals surface area contributed by atoms with Crippen molar-refractivity contribution in [3.8, 4) is 5.75 Å². The summed E-state index contributed by atoms with van der Waals surface area (Å²) < 4.78 is 24.6. The van der Waals surface area contributed by atoms with Gasteiger partial charge < -0.3 is 9.47 Å². The van der Waals surface area contributed by atoms with E-state index >= 15 is 0 Å². The maximum Gasteiger partial charge on any atom is 0.363 e. The van der Waals surface area contributed by atoms with Crippen molar-refractivity contribution >= 4 is 23.6 Å². The Labute approximate surface area is 176 Å². The van der Waals surface area contributed by atoms with Gasteiger partial charge >= 0.3 is 5.97 Å². The highest BCUT2D eigenvalue weighted by Gasteiger charge is 2.24. The standard InChI is InChI=1S/C23H15FN2O5/c24-20-7-2-1-5-17(20)14-30-19-6-3-4-15(12-19)13-21-23(27)31-22(25-21)16-8-10-18(11-9-16)26(28)29/h1-13H,14H2/b21-13-. The molecule has 3 aromatic carbocycles. The van der Waals surface area contributed by atoms with Gasteiger partial charge in [0.2, 0.25) is 5.90 Å². The molecule has 0 unspecified atom stereocenters. The van der Waals surface area contributed by atoms with Crippen LogP contribution in [0.25, 0.3) is 6.08 Å². The van der Waals surface area contributed by atoms with Gasteiger partial charge in [-0.15, -0.1) is 0 Å². The van der Waals surface area contributed by atoms with Crippen molar-refractivity contribution in [1.29, 1.82) is 0 Å². The molecule has 0 saturated carbocycles. The lowest BCUT2D eigenvalue weighted by Crippen LogP contribution is -2.05. The third kappa shape index (κ3) is 4.64. The molecule has 4 rings (SSSR count). The number of benzene rings is 3. The molecule has 0 amide bonds. The van der Waals surface area contributed by atoms with Gasteiger partial charge in [0.15, 0.2) is 5.70 Å². The lowest BCUT2D eigenvalue weighted by Gasteiger charge is -2.07. The quantitative estimate of drug-likeness (QED) is 0.251. The van der Waals surface area contributed by atoms with E-state index in [1.54, 1.807) is 42.5 Å². The third-order valence-electron chi connectivity index (χ3n) is 4.46. The number of rotatable bonds is 6. The summed E-state index contributed by atoms with van der Waals surface area (Å²) in [5.74, 6) is -0.407. The van der Waals surface area contributed by atoms with Crippen LogP contribution in [-0.4, -0.2) is 16.8 Å². The van der Waals surface area contributed by atoms with Crippen LogP contribution in [0.1, 0.15) is 16.7 Å². The van der Waals surface area contributed by atoms with Crippen LogP contribution in [0.4, 0.5) is 10.1 Å². The van der Waals surface area contributed by atoms with Crippen LogP contribution < -0.4 is 4.74 Å². The van der Waals surface area contributed by atoms with Gasteiger partial charge in [0.05, 0.1) is 4.92 Å². The Kier molecular flexibility index (Phi) is 5.53. The predicted molar refractivity (Wildman–Crippen MR) is 111 cm³/mol. The number of non-ortho nitro benzene ring substituents is 1. The van der Waals surface area contributed by atoms with Gasteiger partial charge in [0.1, 0.15) is 18.2 Å². The van der Waals surface area contributed by atoms with Crippen molar-refractivity contribution in [2.24, 2.45) is 4.99 Å². The minimum Gasteiger partial charge on any atom is -0.489 e. The Morgan fingerprint density at radius 1 is 1.06 bits per heavy atom. The number of nitro groups is 1. The summed E-state index contributed by atoms with van der Waals surface area (Å²) in [6.07, 6.45) is 1.54. The van der Waals surface area contributed by atoms with E-state index in [4.69, 9.17) is 9.47 Å². The van der Waals surface area contributed by atoms with E-state index < -0.39 is 10.9 Å². The first-order chi connectivity index (χ1) is 15.0. The molecule has 31 heavy (non-hydrogen) atoms. The first kappa shape index (κ1) is 20.0. The van der Waals surface area contributed by atoms with E-state index in [0.29, 0.717) is 22.4 Å². The van der Waals surface area contributed by atoms with Crippen LogP contribution in [0.3, 0.4) is 0 Å². The molecule has 0 fully saturated rings. The molecule has 7 nitrogen and oxygen atoms in total. The number of hydrogen-bond acceptors (Lipinski definition) is 6. The highest BCUT2D eigenvalue weighted by Crippen LogP contribution is 2.23. The lowest BCUT2D eigenvalue weighted by molar-refractivity contribution is -0.384. The van der Waals surface area contributed by atoms with E-state index in [9.17, 15) is 19.3 Å². The highest BCUT2D eigenvalue weighted by molar-refractivity contribution is 6.12. The van der Waals surface area contributed by atoms with Crippen LogP contribution in [0, 0.1) is 15.9 Å². The van der Waals surface area contributed by atoms with E-state index in [0.717, 1.165) is 0 Å². The molecule has 1 aliphatic heterocycles. The molecule has 8 heteroatoms. The lowest BCUT2D eigenvalue weighted by atomic mass is 10.2. The number of cyclic esters (lactones) is 1. The first-order valence-electron chi connectivity index (χ1n) is 9.23. The maximum absolute atomic E-state index is 13.7. The molecule has 0 radical (unpaired) electrons. The SMILES string of the molecule is O=C1OC(c2ccc([N+](=O)[O-])cc2)=N/C1=C\c1cccc(OCc2ccccc2F)c1. The highest BCUT2D eigenvalue weighted by atomic mass is 19.1. The monoisotopic (exact) mass is 418 g/mol. The minimum atomic E-state index is -0.633. The summed E-state index contributed by atoms with van der Waals surface area (Å²) >= 11 is 0. The zero-order chi connectivity index (χ0) is 21.8. The number of ether oxygens (including phenoxy) is 2. The fraction of sp³-hybridized carbons (Fsp3) is 0.0435. The molecule has 0 aliphatic carbocycles. The van der Waals surface area contributed by atoms with Crippen LogP contribution >= 0.6 is 0 Å². The van der Waals surface area contributed by atoms with E-state index in [1.165, 1.54) is 36.4 Å². The smallest absolute Gasteiger partial charge is 0.363 e. The van der Waals surface area contributed by atoms with Crippen LogP contribution in [-0.2, 0) is 16.1 Å². The first-order valence-corrected chi connectivity index (χ1v) is 9.23. The summed E-state index contributed by atoms with van der Waals surface area (Å²) in [5.41, 5.74) is 1.54. The zero-order valence-electron chi connectivity index (χ0n) is 16.0. The second kappa shape index (κ2) is 8.58. The van der Waals surface area contributed by atoms with Gasteiger partial charge in [0.25, 0.3) is 5.69 Å². The maximum atomic E-state index is 13.7. The Bertz CT molecular complexity index is 1220. The van der Waals surface area contributed by atoms with Crippen molar-refractivity contribution in [2.45, 2.75) is 6.61 Å². The number of carbonyl (C=O) groups is 1. The second-order valence-electron chi connectivity index (χ2n) is 6.59. The third-order valence-corrected chi connectivity index (χ3v) is 4.46.